The van der Waals surface area contributed by atoms with Crippen LogP contribution in [0.15, 0.2) is 6.07 Å². The lowest BCUT2D eigenvalue weighted by Crippen LogP contribution is -2.17. The van der Waals surface area contributed by atoms with Crippen molar-refractivity contribution in [1.29, 1.82) is 0 Å². The molecule has 2 nitrogen and oxygen atoms in total. The van der Waals surface area contributed by atoms with Gasteiger partial charge in [-0.2, -0.15) is 0 Å². The van der Waals surface area contributed by atoms with E-state index in [2.05, 4.69) is 16.9 Å². The summed E-state index contributed by atoms with van der Waals surface area (Å²) in [5, 5.41) is 0.557. The molecule has 1 atom stereocenters. The third-order valence-corrected chi connectivity index (χ3v) is 4.23. The first-order chi connectivity index (χ1) is 6.60. The smallest absolute Gasteiger partial charge is 0.146 e. The Morgan fingerprint density at radius 3 is 2.86 bits per heavy atom. The fourth-order valence-corrected chi connectivity index (χ4v) is 3.21. The Bertz CT molecular complexity index is 328. The summed E-state index contributed by atoms with van der Waals surface area (Å²) in [7, 11) is 0. The van der Waals surface area contributed by atoms with E-state index in [1.54, 1.807) is 6.07 Å². The first kappa shape index (κ1) is 10.2. The van der Waals surface area contributed by atoms with Gasteiger partial charge in [0, 0.05) is 5.69 Å². The fourth-order valence-electron chi connectivity index (χ4n) is 1.72. The SMILES string of the molecule is Cc1cc(Cl)nc(C2(C)CCCS2)n1. The first-order valence-corrected chi connectivity index (χ1v) is 6.12. The molecule has 1 aromatic heterocycles. The summed E-state index contributed by atoms with van der Waals surface area (Å²) >= 11 is 7.86. The average Bonchev–Trinajstić information content (AvgIpc) is 2.52. The van der Waals surface area contributed by atoms with Gasteiger partial charge in [0.15, 0.2) is 0 Å². The average molecular weight is 229 g/mol. The molecule has 0 aromatic carbocycles. The Balaban J connectivity index is 2.40. The molecule has 2 heterocycles. The predicted molar refractivity (Wildman–Crippen MR) is 60.8 cm³/mol. The molecule has 0 radical (unpaired) electrons. The number of hydrogen-bond acceptors (Lipinski definition) is 3. The van der Waals surface area contributed by atoms with Crippen molar-refractivity contribution in [2.75, 3.05) is 5.75 Å². The van der Waals surface area contributed by atoms with Crippen LogP contribution in [0.5, 0.6) is 0 Å². The summed E-state index contributed by atoms with van der Waals surface area (Å²) in [6.45, 7) is 4.16. The molecule has 0 aliphatic carbocycles. The van der Waals surface area contributed by atoms with Crippen molar-refractivity contribution in [2.45, 2.75) is 31.4 Å². The number of aryl methyl sites for hydroxylation is 1. The van der Waals surface area contributed by atoms with Crippen LogP contribution >= 0.6 is 23.4 Å². The lowest BCUT2D eigenvalue weighted by molar-refractivity contribution is 0.602. The highest BCUT2D eigenvalue weighted by molar-refractivity contribution is 8.00. The molecule has 1 unspecified atom stereocenters. The third-order valence-electron chi connectivity index (χ3n) is 2.51. The van der Waals surface area contributed by atoms with Crippen molar-refractivity contribution in [1.82, 2.24) is 9.97 Å². The van der Waals surface area contributed by atoms with E-state index in [0.717, 1.165) is 17.9 Å². The van der Waals surface area contributed by atoms with Gasteiger partial charge >= 0.3 is 0 Å². The van der Waals surface area contributed by atoms with E-state index in [4.69, 9.17) is 11.6 Å². The van der Waals surface area contributed by atoms with Crippen molar-refractivity contribution in [3.8, 4) is 0 Å². The van der Waals surface area contributed by atoms with Crippen molar-refractivity contribution in [3.63, 3.8) is 0 Å². The van der Waals surface area contributed by atoms with E-state index in [1.165, 1.54) is 12.2 Å². The molecule has 0 bridgehead atoms. The van der Waals surface area contributed by atoms with Gasteiger partial charge in [-0.3, -0.25) is 0 Å². The maximum absolute atomic E-state index is 5.93. The number of halogens is 1. The van der Waals surface area contributed by atoms with Crippen molar-refractivity contribution in [3.05, 3.63) is 22.7 Å². The summed E-state index contributed by atoms with van der Waals surface area (Å²) in [6.07, 6.45) is 2.40. The van der Waals surface area contributed by atoms with E-state index in [1.807, 2.05) is 18.7 Å². The van der Waals surface area contributed by atoms with Gasteiger partial charge in [-0.15, -0.1) is 11.8 Å². The van der Waals surface area contributed by atoms with Gasteiger partial charge in [0.25, 0.3) is 0 Å². The molecular formula is C10H13ClN2S. The number of aromatic nitrogens is 2. The zero-order valence-electron chi connectivity index (χ0n) is 8.38. The molecule has 1 aliphatic heterocycles. The maximum Gasteiger partial charge on any atom is 0.146 e. The fraction of sp³-hybridized carbons (Fsp3) is 0.600. The van der Waals surface area contributed by atoms with E-state index in [0.29, 0.717) is 5.15 Å². The molecule has 4 heteroatoms. The number of hydrogen-bond donors (Lipinski definition) is 0. The molecule has 14 heavy (non-hydrogen) atoms. The van der Waals surface area contributed by atoms with Crippen LogP contribution in [0.25, 0.3) is 0 Å². The minimum Gasteiger partial charge on any atom is -0.237 e. The third kappa shape index (κ3) is 1.89. The van der Waals surface area contributed by atoms with Crippen LogP contribution in [0, 0.1) is 6.92 Å². The Morgan fingerprint density at radius 2 is 2.29 bits per heavy atom. The van der Waals surface area contributed by atoms with Crippen molar-refractivity contribution < 1.29 is 0 Å². The highest BCUT2D eigenvalue weighted by Gasteiger charge is 2.34. The van der Waals surface area contributed by atoms with Gasteiger partial charge < -0.3 is 0 Å². The molecule has 76 valence electrons. The van der Waals surface area contributed by atoms with Gasteiger partial charge in [0.2, 0.25) is 0 Å². The maximum atomic E-state index is 5.93. The topological polar surface area (TPSA) is 25.8 Å². The standard InChI is InChI=1S/C10H13ClN2S/c1-7-6-8(11)13-9(12-7)10(2)4-3-5-14-10/h6H,3-5H2,1-2H3. The highest BCUT2D eigenvalue weighted by Crippen LogP contribution is 2.44. The zero-order valence-corrected chi connectivity index (χ0v) is 9.95. The van der Waals surface area contributed by atoms with E-state index >= 15 is 0 Å². The van der Waals surface area contributed by atoms with Gasteiger partial charge in [0.1, 0.15) is 11.0 Å². The minimum absolute atomic E-state index is 0.0790. The Hall–Kier alpha value is -0.280. The van der Waals surface area contributed by atoms with Crippen molar-refractivity contribution >= 4 is 23.4 Å². The van der Waals surface area contributed by atoms with Gasteiger partial charge in [-0.05, 0) is 38.5 Å². The molecule has 1 aliphatic rings. The lowest BCUT2D eigenvalue weighted by Gasteiger charge is -2.20. The summed E-state index contributed by atoms with van der Waals surface area (Å²) < 4.78 is 0.0790. The van der Waals surface area contributed by atoms with Gasteiger partial charge in [-0.1, -0.05) is 11.6 Å². The monoisotopic (exact) mass is 228 g/mol. The number of rotatable bonds is 1. The summed E-state index contributed by atoms with van der Waals surface area (Å²) in [5.74, 6) is 2.09. The molecular weight excluding hydrogens is 216 g/mol. The number of nitrogens with zero attached hydrogens (tertiary/aromatic N) is 2. The largest absolute Gasteiger partial charge is 0.237 e. The van der Waals surface area contributed by atoms with Gasteiger partial charge in [-0.25, -0.2) is 9.97 Å². The molecule has 1 fully saturated rings. The quantitative estimate of drug-likeness (QED) is 0.691. The Morgan fingerprint density at radius 1 is 1.50 bits per heavy atom. The minimum atomic E-state index is 0.0790. The molecule has 0 spiro atoms. The van der Waals surface area contributed by atoms with E-state index in [9.17, 15) is 0 Å². The first-order valence-electron chi connectivity index (χ1n) is 4.76. The van der Waals surface area contributed by atoms with Crippen LogP contribution in [-0.2, 0) is 4.75 Å². The zero-order chi connectivity index (χ0) is 10.2. The second-order valence-corrected chi connectivity index (χ2v) is 5.82. The van der Waals surface area contributed by atoms with E-state index in [-0.39, 0.29) is 4.75 Å². The second-order valence-electron chi connectivity index (χ2n) is 3.84. The normalized spacial score (nSPS) is 26.8. The van der Waals surface area contributed by atoms with E-state index < -0.39 is 0 Å². The molecule has 2 rings (SSSR count). The van der Waals surface area contributed by atoms with Crippen LogP contribution in [0.2, 0.25) is 5.15 Å². The summed E-state index contributed by atoms with van der Waals surface area (Å²) in [4.78, 5) is 8.79. The number of thioether (sulfide) groups is 1. The van der Waals surface area contributed by atoms with Crippen LogP contribution < -0.4 is 0 Å². The van der Waals surface area contributed by atoms with Gasteiger partial charge in [0.05, 0.1) is 4.75 Å². The highest BCUT2D eigenvalue weighted by atomic mass is 35.5. The molecule has 0 amide bonds. The lowest BCUT2D eigenvalue weighted by atomic mass is 10.0. The summed E-state index contributed by atoms with van der Waals surface area (Å²) in [5.41, 5.74) is 0.953. The predicted octanol–water partition coefficient (Wildman–Crippen LogP) is 3.18. The van der Waals surface area contributed by atoms with Crippen LogP contribution in [0.3, 0.4) is 0 Å². The second kappa shape index (κ2) is 3.70. The van der Waals surface area contributed by atoms with Crippen LogP contribution in [0.4, 0.5) is 0 Å². The molecule has 0 N–H and O–H groups in total. The van der Waals surface area contributed by atoms with Crippen LogP contribution in [-0.4, -0.2) is 15.7 Å². The molecule has 1 saturated heterocycles. The van der Waals surface area contributed by atoms with Crippen molar-refractivity contribution in [2.24, 2.45) is 0 Å². The molecule has 1 aromatic rings. The summed E-state index contributed by atoms with van der Waals surface area (Å²) in [6, 6.07) is 1.80. The van der Waals surface area contributed by atoms with Crippen LogP contribution in [0.1, 0.15) is 31.3 Å². The Kier molecular flexibility index (Phi) is 2.71. The Labute approximate surface area is 93.5 Å². The molecule has 0 saturated carbocycles.